The van der Waals surface area contributed by atoms with Crippen molar-refractivity contribution in [2.45, 2.75) is 17.7 Å². The maximum atomic E-state index is 4.75. The van der Waals surface area contributed by atoms with Crippen LogP contribution in [0.1, 0.15) is 11.5 Å². The van der Waals surface area contributed by atoms with Gasteiger partial charge in [-0.3, -0.25) is 0 Å². The fourth-order valence-electron chi connectivity index (χ4n) is 2.50. The van der Waals surface area contributed by atoms with Gasteiger partial charge in [0.1, 0.15) is 15.9 Å². The summed E-state index contributed by atoms with van der Waals surface area (Å²) in [7, 11) is 0. The minimum absolute atomic E-state index is 0.805. The van der Waals surface area contributed by atoms with E-state index < -0.39 is 0 Å². The van der Waals surface area contributed by atoms with E-state index in [1.807, 2.05) is 43.3 Å². The number of nitrogens with zero attached hydrogens (tertiary/aromatic N) is 3. The van der Waals surface area contributed by atoms with E-state index >= 15 is 0 Å². The number of thiazole rings is 1. The Bertz CT molecular complexity index is 980. The number of rotatable bonds is 4. The molecule has 2 heterocycles. The average Bonchev–Trinajstić information content (AvgIpc) is 3.09. The normalized spacial score (nSPS) is 11.0. The van der Waals surface area contributed by atoms with Gasteiger partial charge in [-0.05, 0) is 13.0 Å². The minimum atomic E-state index is 0.805. The first-order chi connectivity index (χ1) is 11.8. The van der Waals surface area contributed by atoms with Gasteiger partial charge in [0, 0.05) is 22.1 Å². The molecule has 2 aromatic carbocycles. The van der Waals surface area contributed by atoms with E-state index in [-0.39, 0.29) is 0 Å². The van der Waals surface area contributed by atoms with Gasteiger partial charge in [0.15, 0.2) is 0 Å². The summed E-state index contributed by atoms with van der Waals surface area (Å²) >= 11 is 3.41. The Balaban J connectivity index is 1.57. The molecule has 0 N–H and O–H groups in total. The smallest absolute Gasteiger partial charge is 0.127 e. The third-order valence-electron chi connectivity index (χ3n) is 3.61. The second kappa shape index (κ2) is 6.71. The summed E-state index contributed by atoms with van der Waals surface area (Å²) < 4.78 is 0. The van der Waals surface area contributed by atoms with Gasteiger partial charge in [-0.15, -0.1) is 11.3 Å². The Morgan fingerprint density at radius 3 is 2.58 bits per heavy atom. The Morgan fingerprint density at radius 2 is 1.71 bits per heavy atom. The molecule has 0 radical (unpaired) electrons. The Hall–Kier alpha value is -2.24. The third kappa shape index (κ3) is 3.18. The average molecular weight is 349 g/mol. The molecule has 0 aliphatic carbocycles. The highest BCUT2D eigenvalue weighted by atomic mass is 32.2. The van der Waals surface area contributed by atoms with E-state index in [2.05, 4.69) is 33.5 Å². The van der Waals surface area contributed by atoms with Crippen LogP contribution in [0.3, 0.4) is 0 Å². The molecule has 0 saturated heterocycles. The van der Waals surface area contributed by atoms with E-state index in [0.717, 1.165) is 38.2 Å². The highest BCUT2D eigenvalue weighted by Gasteiger charge is 2.09. The molecule has 0 spiro atoms. The van der Waals surface area contributed by atoms with Crippen molar-refractivity contribution in [2.24, 2.45) is 0 Å². The van der Waals surface area contributed by atoms with Crippen molar-refractivity contribution in [1.29, 1.82) is 0 Å². The molecule has 0 saturated carbocycles. The first-order valence-corrected chi connectivity index (χ1v) is 9.52. The van der Waals surface area contributed by atoms with Gasteiger partial charge in [-0.1, -0.05) is 60.3 Å². The largest absolute Gasteiger partial charge is 0.240 e. The van der Waals surface area contributed by atoms with Crippen LogP contribution < -0.4 is 0 Å². The molecule has 4 aromatic rings. The molecule has 3 nitrogen and oxygen atoms in total. The summed E-state index contributed by atoms with van der Waals surface area (Å²) in [6.07, 6.45) is 0. The lowest BCUT2D eigenvalue weighted by Gasteiger charge is -2.05. The zero-order valence-corrected chi connectivity index (χ0v) is 14.8. The fourth-order valence-corrected chi connectivity index (χ4v) is 4.39. The van der Waals surface area contributed by atoms with Crippen LogP contribution in [0.5, 0.6) is 0 Å². The van der Waals surface area contributed by atoms with Crippen molar-refractivity contribution in [3.05, 3.63) is 71.5 Å². The van der Waals surface area contributed by atoms with E-state index in [0.29, 0.717) is 0 Å². The third-order valence-corrected chi connectivity index (χ3v) is 5.57. The number of hydrogen-bond donors (Lipinski definition) is 0. The minimum Gasteiger partial charge on any atom is -0.240 e. The second-order valence-electron chi connectivity index (χ2n) is 5.39. The zero-order valence-electron chi connectivity index (χ0n) is 13.1. The van der Waals surface area contributed by atoms with Gasteiger partial charge in [0.25, 0.3) is 0 Å². The highest BCUT2D eigenvalue weighted by molar-refractivity contribution is 7.98. The lowest BCUT2D eigenvalue weighted by Crippen LogP contribution is -1.93. The maximum Gasteiger partial charge on any atom is 0.127 e. The molecule has 24 heavy (non-hydrogen) atoms. The number of para-hydroxylation sites is 1. The van der Waals surface area contributed by atoms with Gasteiger partial charge < -0.3 is 0 Å². The molecule has 4 rings (SSSR count). The fraction of sp³-hybridized carbons (Fsp3) is 0.105. The van der Waals surface area contributed by atoms with E-state index in [4.69, 9.17) is 4.98 Å². The van der Waals surface area contributed by atoms with Crippen molar-refractivity contribution in [3.63, 3.8) is 0 Å². The molecule has 0 aliphatic rings. The molecule has 0 aliphatic heterocycles. The van der Waals surface area contributed by atoms with Crippen LogP contribution in [0.2, 0.25) is 0 Å². The summed E-state index contributed by atoms with van der Waals surface area (Å²) in [4.78, 5) is 13.9. The number of aryl methyl sites for hydroxylation is 1. The van der Waals surface area contributed by atoms with Gasteiger partial charge in [-0.25, -0.2) is 15.0 Å². The predicted octanol–water partition coefficient (Wildman–Crippen LogP) is 5.35. The molecule has 2 aromatic heterocycles. The van der Waals surface area contributed by atoms with Crippen LogP contribution in [-0.2, 0) is 5.75 Å². The predicted molar refractivity (Wildman–Crippen MR) is 101 cm³/mol. The lowest BCUT2D eigenvalue weighted by molar-refractivity contribution is 1.01. The van der Waals surface area contributed by atoms with Crippen molar-refractivity contribution >= 4 is 34.0 Å². The maximum absolute atomic E-state index is 4.75. The first-order valence-electron chi connectivity index (χ1n) is 7.65. The Morgan fingerprint density at radius 1 is 0.917 bits per heavy atom. The van der Waals surface area contributed by atoms with Crippen LogP contribution >= 0.6 is 23.1 Å². The number of aromatic nitrogens is 3. The molecular weight excluding hydrogens is 334 g/mol. The molecule has 0 fully saturated rings. The second-order valence-corrected chi connectivity index (χ2v) is 7.21. The van der Waals surface area contributed by atoms with E-state index in [1.54, 1.807) is 23.1 Å². The van der Waals surface area contributed by atoms with Gasteiger partial charge in [0.05, 0.1) is 11.2 Å². The summed E-state index contributed by atoms with van der Waals surface area (Å²) in [5.74, 6) is 1.61. The Kier molecular flexibility index (Phi) is 4.28. The highest BCUT2D eigenvalue weighted by Crippen LogP contribution is 2.30. The number of hydrogen-bond acceptors (Lipinski definition) is 5. The van der Waals surface area contributed by atoms with Gasteiger partial charge in [0.2, 0.25) is 0 Å². The topological polar surface area (TPSA) is 38.7 Å². The summed E-state index contributed by atoms with van der Waals surface area (Å²) in [6, 6.07) is 18.4. The van der Waals surface area contributed by atoms with Crippen LogP contribution in [0.25, 0.3) is 21.5 Å². The van der Waals surface area contributed by atoms with Crippen LogP contribution in [-0.4, -0.2) is 15.0 Å². The van der Waals surface area contributed by atoms with Gasteiger partial charge in [-0.2, -0.15) is 0 Å². The quantitative estimate of drug-likeness (QED) is 0.367. The molecule has 0 bridgehead atoms. The zero-order chi connectivity index (χ0) is 16.4. The summed E-state index contributed by atoms with van der Waals surface area (Å²) in [5.41, 5.74) is 3.25. The molecule has 0 atom stereocenters. The molecule has 0 amide bonds. The van der Waals surface area contributed by atoms with E-state index in [9.17, 15) is 0 Å². The number of thioether (sulfide) groups is 1. The monoisotopic (exact) mass is 349 g/mol. The standard InChI is InChI=1S/C19H15N3S2/c1-13-20-17-10-6-5-9-16(17)19(21-13)24-12-15-11-23-18(22-15)14-7-3-2-4-8-14/h2-11H,12H2,1H3. The van der Waals surface area contributed by atoms with Crippen LogP contribution in [0.4, 0.5) is 0 Å². The SMILES string of the molecule is Cc1nc(SCc2csc(-c3ccccc3)n2)c2ccccc2n1. The lowest BCUT2D eigenvalue weighted by atomic mass is 10.2. The van der Waals surface area contributed by atoms with Crippen molar-refractivity contribution in [2.75, 3.05) is 0 Å². The van der Waals surface area contributed by atoms with Crippen molar-refractivity contribution < 1.29 is 0 Å². The number of fused-ring (bicyclic) bond motifs is 1. The van der Waals surface area contributed by atoms with Crippen molar-refractivity contribution in [3.8, 4) is 10.6 Å². The molecule has 5 heteroatoms. The van der Waals surface area contributed by atoms with Gasteiger partial charge >= 0.3 is 0 Å². The first kappa shape index (κ1) is 15.3. The molecule has 118 valence electrons. The van der Waals surface area contributed by atoms with Crippen LogP contribution in [0.15, 0.2) is 65.0 Å². The molecular formula is C19H15N3S2. The van der Waals surface area contributed by atoms with E-state index in [1.165, 1.54) is 5.56 Å². The summed E-state index contributed by atoms with van der Waals surface area (Å²) in [6.45, 7) is 1.94. The Labute approximate surface area is 148 Å². The summed E-state index contributed by atoms with van der Waals surface area (Å²) in [5, 5.41) is 5.32. The molecule has 0 unspecified atom stereocenters. The van der Waals surface area contributed by atoms with Crippen LogP contribution in [0, 0.1) is 6.92 Å². The van der Waals surface area contributed by atoms with Crippen molar-refractivity contribution in [1.82, 2.24) is 15.0 Å². The number of benzene rings is 2.